The van der Waals surface area contributed by atoms with Gasteiger partial charge in [-0.05, 0) is 42.7 Å². The predicted molar refractivity (Wildman–Crippen MR) is 115 cm³/mol. The molecule has 0 bridgehead atoms. The number of carbonyl (C=O) groups excluding carboxylic acids is 2. The number of hydrogen-bond acceptors (Lipinski definition) is 3. The van der Waals surface area contributed by atoms with Crippen molar-refractivity contribution in [3.63, 3.8) is 0 Å². The van der Waals surface area contributed by atoms with E-state index in [1.54, 1.807) is 17.0 Å². The topological polar surface area (TPSA) is 58.6 Å². The second kappa shape index (κ2) is 9.28. The molecule has 1 atom stereocenters. The van der Waals surface area contributed by atoms with Crippen molar-refractivity contribution in [2.24, 2.45) is 11.3 Å². The van der Waals surface area contributed by atoms with Gasteiger partial charge in [0.15, 0.2) is 0 Å². The number of likely N-dealkylation sites (tertiary alicyclic amines) is 1. The average molecular weight is 413 g/mol. The summed E-state index contributed by atoms with van der Waals surface area (Å²) in [7, 11) is 0. The van der Waals surface area contributed by atoms with Crippen LogP contribution in [-0.2, 0) is 16.2 Å². The Morgan fingerprint density at radius 2 is 1.93 bits per heavy atom. The molecule has 2 aromatic rings. The molecule has 0 radical (unpaired) electrons. The van der Waals surface area contributed by atoms with Crippen LogP contribution in [0.4, 0.5) is 10.1 Å². The highest BCUT2D eigenvalue weighted by Gasteiger charge is 2.33. The van der Waals surface area contributed by atoms with Crippen LogP contribution in [0.5, 0.6) is 5.75 Å². The van der Waals surface area contributed by atoms with Crippen molar-refractivity contribution in [3.8, 4) is 5.75 Å². The summed E-state index contributed by atoms with van der Waals surface area (Å²) in [5.41, 5.74) is 1.10. The Balaban J connectivity index is 1.58. The van der Waals surface area contributed by atoms with E-state index in [9.17, 15) is 14.0 Å². The van der Waals surface area contributed by atoms with Crippen molar-refractivity contribution < 1.29 is 18.7 Å². The molecule has 0 spiro atoms. The number of benzene rings is 2. The molecule has 160 valence electrons. The molecule has 1 N–H and O–H groups in total. The molecule has 1 saturated heterocycles. The Labute approximate surface area is 177 Å². The van der Waals surface area contributed by atoms with Gasteiger partial charge in [0.1, 0.15) is 18.2 Å². The molecule has 1 aliphatic heterocycles. The van der Waals surface area contributed by atoms with Crippen LogP contribution in [0, 0.1) is 17.2 Å². The van der Waals surface area contributed by atoms with Gasteiger partial charge in [0, 0.05) is 30.3 Å². The second-order valence-corrected chi connectivity index (χ2v) is 8.78. The van der Waals surface area contributed by atoms with Crippen molar-refractivity contribution in [3.05, 3.63) is 59.9 Å². The van der Waals surface area contributed by atoms with Crippen LogP contribution in [0.25, 0.3) is 0 Å². The summed E-state index contributed by atoms with van der Waals surface area (Å²) in [5.74, 6) is -0.117. The lowest BCUT2D eigenvalue weighted by atomic mass is 9.91. The SMILES string of the molecule is CC(C)(C)C(=O)N1CCCC(C(=O)Nc2cccc(COc3cccc(F)c3)c2)C1. The lowest BCUT2D eigenvalue weighted by molar-refractivity contribution is -0.142. The number of ether oxygens (including phenoxy) is 1. The van der Waals surface area contributed by atoms with E-state index in [4.69, 9.17) is 4.74 Å². The molecule has 1 fully saturated rings. The first-order chi connectivity index (χ1) is 14.2. The number of amides is 2. The molecule has 0 aliphatic carbocycles. The molecular formula is C24H29FN2O3. The van der Waals surface area contributed by atoms with Gasteiger partial charge in [-0.1, -0.05) is 39.0 Å². The van der Waals surface area contributed by atoms with Crippen molar-refractivity contribution in [2.45, 2.75) is 40.2 Å². The lowest BCUT2D eigenvalue weighted by Gasteiger charge is -2.35. The fourth-order valence-corrected chi connectivity index (χ4v) is 3.56. The van der Waals surface area contributed by atoms with E-state index in [1.807, 2.05) is 45.0 Å². The standard InChI is InChI=1S/C24H29FN2O3/c1-24(2,3)23(29)27-12-6-8-18(15-27)22(28)26-20-10-4-7-17(13-20)16-30-21-11-5-9-19(25)14-21/h4-5,7,9-11,13-14,18H,6,8,12,15-16H2,1-3H3,(H,26,28). The third-order valence-corrected chi connectivity index (χ3v) is 5.12. The smallest absolute Gasteiger partial charge is 0.229 e. The van der Waals surface area contributed by atoms with E-state index in [0.29, 0.717) is 24.5 Å². The summed E-state index contributed by atoms with van der Waals surface area (Å²) in [6.07, 6.45) is 1.59. The molecule has 2 aromatic carbocycles. The van der Waals surface area contributed by atoms with Crippen molar-refractivity contribution in [1.82, 2.24) is 4.90 Å². The summed E-state index contributed by atoms with van der Waals surface area (Å²) in [4.78, 5) is 27.2. The zero-order valence-corrected chi connectivity index (χ0v) is 17.8. The maximum atomic E-state index is 13.3. The molecule has 5 nitrogen and oxygen atoms in total. The van der Waals surface area contributed by atoms with Gasteiger partial charge in [-0.15, -0.1) is 0 Å². The Kier molecular flexibility index (Phi) is 6.75. The number of halogens is 1. The molecule has 6 heteroatoms. The Morgan fingerprint density at radius 1 is 1.17 bits per heavy atom. The minimum absolute atomic E-state index is 0.0791. The Hall–Kier alpha value is -2.89. The van der Waals surface area contributed by atoms with Crippen LogP contribution in [0.15, 0.2) is 48.5 Å². The molecule has 0 aromatic heterocycles. The fraction of sp³-hybridized carbons (Fsp3) is 0.417. The zero-order chi connectivity index (χ0) is 21.7. The normalized spacial score (nSPS) is 16.8. The van der Waals surface area contributed by atoms with E-state index in [-0.39, 0.29) is 30.2 Å². The van der Waals surface area contributed by atoms with Gasteiger partial charge < -0.3 is 15.0 Å². The first kappa shape index (κ1) is 21.8. The monoisotopic (exact) mass is 412 g/mol. The maximum absolute atomic E-state index is 13.3. The molecule has 3 rings (SSSR count). The van der Waals surface area contributed by atoms with Crippen LogP contribution in [0.2, 0.25) is 0 Å². The zero-order valence-electron chi connectivity index (χ0n) is 17.8. The first-order valence-electron chi connectivity index (χ1n) is 10.3. The van der Waals surface area contributed by atoms with Gasteiger partial charge in [0.2, 0.25) is 11.8 Å². The highest BCUT2D eigenvalue weighted by Crippen LogP contribution is 2.25. The Morgan fingerprint density at radius 3 is 2.67 bits per heavy atom. The molecule has 0 saturated carbocycles. The third-order valence-electron chi connectivity index (χ3n) is 5.12. The van der Waals surface area contributed by atoms with E-state index < -0.39 is 5.41 Å². The fourth-order valence-electron chi connectivity index (χ4n) is 3.56. The van der Waals surface area contributed by atoms with Crippen LogP contribution in [0.1, 0.15) is 39.2 Å². The second-order valence-electron chi connectivity index (χ2n) is 8.78. The number of nitrogens with zero attached hydrogens (tertiary/aromatic N) is 1. The summed E-state index contributed by atoms with van der Waals surface area (Å²) in [6, 6.07) is 13.4. The van der Waals surface area contributed by atoms with Gasteiger partial charge in [-0.25, -0.2) is 4.39 Å². The molecular weight excluding hydrogens is 383 g/mol. The Bertz CT molecular complexity index is 907. The van der Waals surface area contributed by atoms with Crippen LogP contribution < -0.4 is 10.1 Å². The van der Waals surface area contributed by atoms with Crippen molar-refractivity contribution in [1.29, 1.82) is 0 Å². The minimum atomic E-state index is -0.450. The third kappa shape index (κ3) is 5.81. The number of piperidine rings is 1. The lowest BCUT2D eigenvalue weighted by Crippen LogP contribution is -2.47. The molecule has 2 amide bonds. The number of carbonyl (C=O) groups is 2. The number of hydrogen-bond donors (Lipinski definition) is 1. The number of rotatable bonds is 5. The molecule has 1 aliphatic rings. The van der Waals surface area contributed by atoms with Gasteiger partial charge in [-0.3, -0.25) is 9.59 Å². The number of anilines is 1. The molecule has 30 heavy (non-hydrogen) atoms. The average Bonchev–Trinajstić information content (AvgIpc) is 2.71. The highest BCUT2D eigenvalue weighted by molar-refractivity contribution is 5.93. The van der Waals surface area contributed by atoms with Crippen molar-refractivity contribution in [2.75, 3.05) is 18.4 Å². The van der Waals surface area contributed by atoms with Crippen LogP contribution in [-0.4, -0.2) is 29.8 Å². The van der Waals surface area contributed by atoms with E-state index in [2.05, 4.69) is 5.32 Å². The van der Waals surface area contributed by atoms with Gasteiger partial charge in [0.25, 0.3) is 0 Å². The first-order valence-corrected chi connectivity index (χ1v) is 10.3. The number of nitrogens with one attached hydrogen (secondary N) is 1. The minimum Gasteiger partial charge on any atom is -0.489 e. The predicted octanol–water partition coefficient (Wildman–Crippen LogP) is 4.63. The van der Waals surface area contributed by atoms with E-state index in [1.165, 1.54) is 12.1 Å². The quantitative estimate of drug-likeness (QED) is 0.779. The summed E-state index contributed by atoms with van der Waals surface area (Å²) in [6.45, 7) is 7.12. The van der Waals surface area contributed by atoms with E-state index >= 15 is 0 Å². The van der Waals surface area contributed by atoms with Gasteiger partial charge in [-0.2, -0.15) is 0 Å². The largest absolute Gasteiger partial charge is 0.489 e. The van der Waals surface area contributed by atoms with Crippen molar-refractivity contribution >= 4 is 17.5 Å². The molecule has 1 unspecified atom stereocenters. The van der Waals surface area contributed by atoms with Gasteiger partial charge >= 0.3 is 0 Å². The summed E-state index contributed by atoms with van der Waals surface area (Å²) in [5, 5.41) is 2.97. The summed E-state index contributed by atoms with van der Waals surface area (Å²) >= 11 is 0. The van der Waals surface area contributed by atoms with E-state index in [0.717, 1.165) is 18.4 Å². The summed E-state index contributed by atoms with van der Waals surface area (Å²) < 4.78 is 18.9. The van der Waals surface area contributed by atoms with Gasteiger partial charge in [0.05, 0.1) is 5.92 Å². The molecule has 1 heterocycles. The maximum Gasteiger partial charge on any atom is 0.229 e. The van der Waals surface area contributed by atoms with Crippen LogP contribution in [0.3, 0.4) is 0 Å². The van der Waals surface area contributed by atoms with Crippen LogP contribution >= 0.6 is 0 Å². The highest BCUT2D eigenvalue weighted by atomic mass is 19.1.